The van der Waals surface area contributed by atoms with Crippen molar-refractivity contribution in [3.63, 3.8) is 0 Å². The number of nitrogens with one attached hydrogen (secondary N) is 1. The summed E-state index contributed by atoms with van der Waals surface area (Å²) in [5, 5.41) is 3.12. The van der Waals surface area contributed by atoms with Crippen LogP contribution in [0.5, 0.6) is 0 Å². The maximum Gasteiger partial charge on any atom is 0.332 e. The van der Waals surface area contributed by atoms with Gasteiger partial charge in [0, 0.05) is 13.7 Å². The molecule has 5 nitrogen and oxygen atoms in total. The van der Waals surface area contributed by atoms with E-state index in [0.717, 1.165) is 6.20 Å². The molecule has 1 rings (SSSR count). The summed E-state index contributed by atoms with van der Waals surface area (Å²) in [5.74, 6) is -0.864. The van der Waals surface area contributed by atoms with Crippen LogP contribution in [0.25, 0.3) is 0 Å². The summed E-state index contributed by atoms with van der Waals surface area (Å²) >= 11 is 0. The van der Waals surface area contributed by atoms with Crippen LogP contribution >= 0.6 is 0 Å². The first-order valence-corrected chi connectivity index (χ1v) is 6.64. The monoisotopic (exact) mass is 284 g/mol. The zero-order chi connectivity index (χ0) is 15.0. The van der Waals surface area contributed by atoms with Crippen molar-refractivity contribution < 1.29 is 18.7 Å². The summed E-state index contributed by atoms with van der Waals surface area (Å²) in [6, 6.07) is 2.78. The topological polar surface area (TPSA) is 60.5 Å². The summed E-state index contributed by atoms with van der Waals surface area (Å²) < 4.78 is 23.1. The highest BCUT2D eigenvalue weighted by Gasteiger charge is 2.41. The van der Waals surface area contributed by atoms with E-state index < -0.39 is 17.3 Å². The Balaban J connectivity index is 3.08. The van der Waals surface area contributed by atoms with Gasteiger partial charge >= 0.3 is 5.97 Å². The summed E-state index contributed by atoms with van der Waals surface area (Å²) in [4.78, 5) is 16.3. The number of esters is 1. The van der Waals surface area contributed by atoms with Crippen molar-refractivity contribution in [2.75, 3.05) is 26.9 Å². The Morgan fingerprint density at radius 2 is 2.20 bits per heavy atom. The van der Waals surface area contributed by atoms with Crippen LogP contribution < -0.4 is 5.32 Å². The predicted octanol–water partition coefficient (Wildman–Crippen LogP) is 1.63. The predicted molar refractivity (Wildman–Crippen MR) is 72.7 cm³/mol. The lowest BCUT2D eigenvalue weighted by atomic mass is 9.91. The van der Waals surface area contributed by atoms with Crippen LogP contribution in [-0.2, 0) is 19.8 Å². The number of ether oxygens (including phenoxy) is 2. The van der Waals surface area contributed by atoms with Crippen LogP contribution in [0.1, 0.15) is 26.0 Å². The van der Waals surface area contributed by atoms with E-state index in [1.165, 1.54) is 12.1 Å². The highest BCUT2D eigenvalue weighted by Crippen LogP contribution is 2.25. The molecule has 0 amide bonds. The van der Waals surface area contributed by atoms with Gasteiger partial charge in [-0.1, -0.05) is 6.92 Å². The van der Waals surface area contributed by atoms with Gasteiger partial charge in [0.25, 0.3) is 0 Å². The standard InChI is InChI=1S/C14H21FN2O3/c1-4-14(13(18)20-5-2,17-8-9-19-3)12-7-6-11(15)10-16-12/h6-7,10,17H,4-5,8-9H2,1-3H3. The summed E-state index contributed by atoms with van der Waals surface area (Å²) in [6.07, 6.45) is 1.53. The molecule has 0 saturated carbocycles. The third-order valence-corrected chi connectivity index (χ3v) is 3.05. The van der Waals surface area contributed by atoms with Crippen molar-refractivity contribution in [2.45, 2.75) is 25.8 Å². The molecule has 6 heteroatoms. The lowest BCUT2D eigenvalue weighted by Gasteiger charge is -2.31. The molecule has 0 spiro atoms. The molecule has 1 heterocycles. The minimum atomic E-state index is -1.08. The SMILES string of the molecule is CCOC(=O)C(CC)(NCCOC)c1ccc(F)cn1. The van der Waals surface area contributed by atoms with Gasteiger partial charge in [-0.15, -0.1) is 0 Å². The van der Waals surface area contributed by atoms with Crippen LogP contribution in [0.4, 0.5) is 4.39 Å². The molecule has 0 bridgehead atoms. The van der Waals surface area contributed by atoms with Gasteiger partial charge in [0.05, 0.1) is 25.1 Å². The zero-order valence-electron chi connectivity index (χ0n) is 12.1. The van der Waals surface area contributed by atoms with Crippen LogP contribution in [0.3, 0.4) is 0 Å². The van der Waals surface area contributed by atoms with Crippen LogP contribution in [-0.4, -0.2) is 37.8 Å². The Hall–Kier alpha value is -1.53. The van der Waals surface area contributed by atoms with Crippen molar-refractivity contribution >= 4 is 5.97 Å². The molecule has 1 atom stereocenters. The van der Waals surface area contributed by atoms with Gasteiger partial charge < -0.3 is 9.47 Å². The highest BCUT2D eigenvalue weighted by atomic mass is 19.1. The maximum absolute atomic E-state index is 13.0. The van der Waals surface area contributed by atoms with Gasteiger partial charge in [-0.25, -0.2) is 9.18 Å². The molecule has 0 aromatic carbocycles. The van der Waals surface area contributed by atoms with Crippen LogP contribution in [0.15, 0.2) is 18.3 Å². The van der Waals surface area contributed by atoms with E-state index >= 15 is 0 Å². The number of carbonyl (C=O) groups excluding carboxylic acids is 1. The van der Waals surface area contributed by atoms with E-state index in [-0.39, 0.29) is 6.61 Å². The molecule has 1 aromatic heterocycles. The first kappa shape index (κ1) is 16.5. The molecule has 0 aliphatic rings. The molecular weight excluding hydrogens is 263 g/mol. The van der Waals surface area contributed by atoms with Crippen molar-refractivity contribution in [3.8, 4) is 0 Å². The van der Waals surface area contributed by atoms with Gasteiger partial charge in [-0.3, -0.25) is 10.3 Å². The molecule has 0 saturated heterocycles. The minimum absolute atomic E-state index is 0.272. The van der Waals surface area contributed by atoms with Crippen molar-refractivity contribution in [2.24, 2.45) is 0 Å². The van der Waals surface area contributed by atoms with E-state index in [1.54, 1.807) is 14.0 Å². The third kappa shape index (κ3) is 3.74. The summed E-state index contributed by atoms with van der Waals surface area (Å²) in [7, 11) is 1.58. The van der Waals surface area contributed by atoms with Gasteiger partial charge in [-0.2, -0.15) is 0 Å². The number of hydrogen-bond donors (Lipinski definition) is 1. The molecule has 0 aliphatic heterocycles. The molecule has 0 fully saturated rings. The second-order valence-corrected chi connectivity index (χ2v) is 4.26. The fourth-order valence-corrected chi connectivity index (χ4v) is 1.97. The Bertz CT molecular complexity index is 425. The molecule has 1 aromatic rings. The number of rotatable bonds is 8. The van der Waals surface area contributed by atoms with Gasteiger partial charge in [0.15, 0.2) is 5.54 Å². The second kappa shape index (κ2) is 7.91. The third-order valence-electron chi connectivity index (χ3n) is 3.05. The first-order chi connectivity index (χ1) is 9.60. The number of carbonyl (C=O) groups is 1. The number of methoxy groups -OCH3 is 1. The first-order valence-electron chi connectivity index (χ1n) is 6.64. The van der Waals surface area contributed by atoms with E-state index in [0.29, 0.717) is 25.3 Å². The van der Waals surface area contributed by atoms with Crippen LogP contribution in [0.2, 0.25) is 0 Å². The Morgan fingerprint density at radius 1 is 1.45 bits per heavy atom. The molecule has 0 aliphatic carbocycles. The largest absolute Gasteiger partial charge is 0.464 e. The van der Waals surface area contributed by atoms with E-state index in [1.807, 2.05) is 6.92 Å². The average molecular weight is 284 g/mol. The smallest absolute Gasteiger partial charge is 0.332 e. The van der Waals surface area contributed by atoms with E-state index in [2.05, 4.69) is 10.3 Å². The summed E-state index contributed by atoms with van der Waals surface area (Å²) in [6.45, 7) is 4.77. The Labute approximate surface area is 118 Å². The fourth-order valence-electron chi connectivity index (χ4n) is 1.97. The number of nitrogens with zero attached hydrogens (tertiary/aromatic N) is 1. The lowest BCUT2D eigenvalue weighted by Crippen LogP contribution is -2.51. The number of aromatic nitrogens is 1. The quantitative estimate of drug-likeness (QED) is 0.580. The van der Waals surface area contributed by atoms with Gasteiger partial charge in [-0.05, 0) is 25.5 Å². The van der Waals surface area contributed by atoms with E-state index in [4.69, 9.17) is 9.47 Å². The van der Waals surface area contributed by atoms with E-state index in [9.17, 15) is 9.18 Å². The average Bonchev–Trinajstić information content (AvgIpc) is 2.45. The van der Waals surface area contributed by atoms with Gasteiger partial charge in [0.1, 0.15) is 5.82 Å². The Kier molecular flexibility index (Phi) is 6.54. The van der Waals surface area contributed by atoms with Crippen molar-refractivity contribution in [3.05, 3.63) is 29.8 Å². The maximum atomic E-state index is 13.0. The normalized spacial score (nSPS) is 13.8. The number of pyridine rings is 1. The van der Waals surface area contributed by atoms with Crippen LogP contribution in [0, 0.1) is 5.82 Å². The molecule has 112 valence electrons. The van der Waals surface area contributed by atoms with Crippen molar-refractivity contribution in [1.82, 2.24) is 10.3 Å². The molecule has 1 N–H and O–H groups in total. The number of hydrogen-bond acceptors (Lipinski definition) is 5. The summed E-state index contributed by atoms with van der Waals surface area (Å²) in [5.41, 5.74) is -0.640. The minimum Gasteiger partial charge on any atom is -0.464 e. The molecule has 0 radical (unpaired) electrons. The Morgan fingerprint density at radius 3 is 2.70 bits per heavy atom. The molecule has 20 heavy (non-hydrogen) atoms. The molecular formula is C14H21FN2O3. The fraction of sp³-hybridized carbons (Fsp3) is 0.571. The molecule has 1 unspecified atom stereocenters. The zero-order valence-corrected chi connectivity index (χ0v) is 12.1. The second-order valence-electron chi connectivity index (χ2n) is 4.26. The highest BCUT2D eigenvalue weighted by molar-refractivity contribution is 5.82. The lowest BCUT2D eigenvalue weighted by molar-refractivity contribution is -0.152. The van der Waals surface area contributed by atoms with Crippen molar-refractivity contribution in [1.29, 1.82) is 0 Å². The van der Waals surface area contributed by atoms with Gasteiger partial charge in [0.2, 0.25) is 0 Å². The number of halogens is 1.